The Morgan fingerprint density at radius 2 is 2.00 bits per heavy atom. The minimum absolute atomic E-state index is 0.694. The first kappa shape index (κ1) is 13.4. The molecule has 1 aromatic carbocycles. The smallest absolute Gasteiger partial charge is 0.166 e. The van der Waals surface area contributed by atoms with E-state index in [1.165, 1.54) is 0 Å². The third-order valence-corrected chi connectivity index (χ3v) is 3.25. The lowest BCUT2D eigenvalue weighted by atomic mass is 10.1. The van der Waals surface area contributed by atoms with Crippen molar-refractivity contribution in [1.82, 2.24) is 4.98 Å². The van der Waals surface area contributed by atoms with Gasteiger partial charge in [-0.05, 0) is 54.3 Å². The van der Waals surface area contributed by atoms with Crippen molar-refractivity contribution in [3.05, 3.63) is 41.6 Å². The van der Waals surface area contributed by atoms with Gasteiger partial charge in [-0.1, -0.05) is 13.3 Å². The molecule has 0 bridgehead atoms. The summed E-state index contributed by atoms with van der Waals surface area (Å²) in [4.78, 5) is 14.3. The molecule has 0 aliphatic heterocycles. The van der Waals surface area contributed by atoms with Crippen molar-refractivity contribution in [3.63, 3.8) is 0 Å². The third-order valence-electron chi connectivity index (χ3n) is 3.25. The van der Waals surface area contributed by atoms with Crippen LogP contribution in [0.2, 0.25) is 0 Å². The molecular weight excluding hydrogens is 238 g/mol. The number of carbonyl (C=O) groups excluding carboxylic acids is 1. The fraction of sp³-hybridized carbons (Fsp3) is 0.312. The number of hydrogen-bond donors (Lipinski definition) is 1. The van der Waals surface area contributed by atoms with Crippen molar-refractivity contribution in [2.75, 3.05) is 7.11 Å². The Morgan fingerprint density at radius 1 is 1.26 bits per heavy atom. The topological polar surface area (TPSA) is 42.1 Å². The second-order valence-corrected chi connectivity index (χ2v) is 4.57. The highest BCUT2D eigenvalue weighted by Gasteiger charge is 2.08. The zero-order valence-electron chi connectivity index (χ0n) is 11.4. The number of hydrogen-bond acceptors (Lipinski definition) is 2. The van der Waals surface area contributed by atoms with Gasteiger partial charge in [0.2, 0.25) is 0 Å². The lowest BCUT2D eigenvalue weighted by Gasteiger charge is -2.01. The number of unbranched alkanes of at least 4 members (excludes halogenated alkanes) is 1. The molecule has 1 N–H and O–H groups in total. The van der Waals surface area contributed by atoms with Crippen molar-refractivity contribution in [2.45, 2.75) is 26.2 Å². The Kier molecular flexibility index (Phi) is 4.39. The molecule has 0 spiro atoms. The first-order valence-corrected chi connectivity index (χ1v) is 6.60. The number of carbonyl (C=O) groups is 1. The molecule has 0 aliphatic rings. The molecule has 0 amide bonds. The van der Waals surface area contributed by atoms with Gasteiger partial charge in [-0.25, -0.2) is 0 Å². The summed E-state index contributed by atoms with van der Waals surface area (Å²) in [5, 5.41) is 0. The number of methoxy groups -OCH3 is 1. The van der Waals surface area contributed by atoms with Crippen molar-refractivity contribution >= 4 is 6.29 Å². The van der Waals surface area contributed by atoms with Crippen LogP contribution in [0, 0.1) is 0 Å². The standard InChI is InChI=1S/C16H19NO2/c1-3-4-5-13-10-15(17-16(13)11-18)12-6-8-14(19-2)9-7-12/h6-11,17H,3-5H2,1-2H3. The average Bonchev–Trinajstić information content (AvgIpc) is 2.88. The fourth-order valence-corrected chi connectivity index (χ4v) is 2.12. The molecule has 3 heteroatoms. The van der Waals surface area contributed by atoms with Gasteiger partial charge in [0.25, 0.3) is 0 Å². The number of nitrogens with one attached hydrogen (secondary N) is 1. The number of aromatic amines is 1. The predicted octanol–water partition coefficient (Wildman–Crippen LogP) is 3.85. The molecule has 2 rings (SSSR count). The molecule has 3 nitrogen and oxygen atoms in total. The highest BCUT2D eigenvalue weighted by atomic mass is 16.5. The zero-order valence-corrected chi connectivity index (χ0v) is 11.4. The summed E-state index contributed by atoms with van der Waals surface area (Å²) in [5.74, 6) is 0.831. The summed E-state index contributed by atoms with van der Waals surface area (Å²) in [7, 11) is 1.65. The molecule has 0 saturated carbocycles. The average molecular weight is 257 g/mol. The van der Waals surface area contributed by atoms with Crippen LogP contribution in [-0.4, -0.2) is 18.4 Å². The largest absolute Gasteiger partial charge is 0.497 e. The number of aldehydes is 1. The van der Waals surface area contributed by atoms with E-state index in [1.807, 2.05) is 24.3 Å². The van der Waals surface area contributed by atoms with Crippen molar-refractivity contribution in [1.29, 1.82) is 0 Å². The molecule has 0 saturated heterocycles. The van der Waals surface area contributed by atoms with Gasteiger partial charge < -0.3 is 9.72 Å². The van der Waals surface area contributed by atoms with Crippen molar-refractivity contribution < 1.29 is 9.53 Å². The molecule has 1 aromatic heterocycles. The number of benzene rings is 1. The van der Waals surface area contributed by atoms with Crippen molar-refractivity contribution in [2.24, 2.45) is 0 Å². The summed E-state index contributed by atoms with van der Waals surface area (Å²) in [6, 6.07) is 9.89. The Balaban J connectivity index is 2.28. The maximum Gasteiger partial charge on any atom is 0.166 e. The van der Waals surface area contributed by atoms with E-state index in [0.717, 1.165) is 48.1 Å². The lowest BCUT2D eigenvalue weighted by molar-refractivity contribution is 0.111. The number of ether oxygens (including phenoxy) is 1. The first-order chi connectivity index (χ1) is 9.28. The molecule has 0 aliphatic carbocycles. The minimum Gasteiger partial charge on any atom is -0.497 e. The van der Waals surface area contributed by atoms with Crippen LogP contribution in [0.5, 0.6) is 5.75 Å². The Morgan fingerprint density at radius 3 is 2.58 bits per heavy atom. The Hall–Kier alpha value is -2.03. The van der Waals surface area contributed by atoms with Crippen molar-refractivity contribution in [3.8, 4) is 17.0 Å². The molecule has 0 fully saturated rings. The molecule has 0 radical (unpaired) electrons. The third kappa shape index (κ3) is 3.05. The van der Waals surface area contributed by atoms with E-state index >= 15 is 0 Å². The minimum atomic E-state index is 0.694. The van der Waals surface area contributed by atoms with Gasteiger partial charge in [0, 0.05) is 5.69 Å². The summed E-state index contributed by atoms with van der Waals surface area (Å²) >= 11 is 0. The second kappa shape index (κ2) is 6.23. The van der Waals surface area contributed by atoms with Gasteiger partial charge in [0.05, 0.1) is 12.8 Å². The quantitative estimate of drug-likeness (QED) is 0.799. The van der Waals surface area contributed by atoms with Crippen LogP contribution >= 0.6 is 0 Å². The number of H-pyrrole nitrogens is 1. The SMILES string of the molecule is CCCCc1cc(-c2ccc(OC)cc2)[nH]c1C=O. The van der Waals surface area contributed by atoms with E-state index in [0.29, 0.717) is 5.69 Å². The van der Waals surface area contributed by atoms with Gasteiger partial charge in [-0.15, -0.1) is 0 Å². The summed E-state index contributed by atoms with van der Waals surface area (Å²) in [6.45, 7) is 2.15. The first-order valence-electron chi connectivity index (χ1n) is 6.60. The Bertz CT molecular complexity index is 540. The van der Waals surface area contributed by atoms with E-state index in [2.05, 4.69) is 18.0 Å². The number of aryl methyl sites for hydroxylation is 1. The molecule has 19 heavy (non-hydrogen) atoms. The molecule has 1 heterocycles. The maximum atomic E-state index is 11.1. The number of aromatic nitrogens is 1. The molecule has 0 unspecified atom stereocenters. The number of rotatable bonds is 6. The molecule has 100 valence electrons. The normalized spacial score (nSPS) is 10.4. The van der Waals surface area contributed by atoms with Crippen LogP contribution in [0.15, 0.2) is 30.3 Å². The summed E-state index contributed by atoms with van der Waals surface area (Å²) in [6.07, 6.45) is 4.07. The van der Waals surface area contributed by atoms with Crippen LogP contribution in [0.1, 0.15) is 35.8 Å². The van der Waals surface area contributed by atoms with Gasteiger partial charge in [-0.3, -0.25) is 4.79 Å². The van der Waals surface area contributed by atoms with E-state index in [-0.39, 0.29) is 0 Å². The molecular formula is C16H19NO2. The summed E-state index contributed by atoms with van der Waals surface area (Å²) < 4.78 is 5.14. The predicted molar refractivity (Wildman–Crippen MR) is 76.8 cm³/mol. The van der Waals surface area contributed by atoms with Crippen LogP contribution in [0.4, 0.5) is 0 Å². The monoisotopic (exact) mass is 257 g/mol. The molecule has 2 aromatic rings. The van der Waals surface area contributed by atoms with Crippen LogP contribution in [0.3, 0.4) is 0 Å². The summed E-state index contributed by atoms with van der Waals surface area (Å²) in [5.41, 5.74) is 3.84. The van der Waals surface area contributed by atoms with E-state index in [9.17, 15) is 4.79 Å². The Labute approximate surface area is 113 Å². The highest BCUT2D eigenvalue weighted by molar-refractivity contribution is 5.78. The van der Waals surface area contributed by atoms with E-state index < -0.39 is 0 Å². The highest BCUT2D eigenvalue weighted by Crippen LogP contribution is 2.24. The van der Waals surface area contributed by atoms with Gasteiger partial charge in [0.1, 0.15) is 5.75 Å². The van der Waals surface area contributed by atoms with E-state index in [1.54, 1.807) is 7.11 Å². The van der Waals surface area contributed by atoms with Crippen LogP contribution < -0.4 is 4.74 Å². The lowest BCUT2D eigenvalue weighted by Crippen LogP contribution is -1.88. The van der Waals surface area contributed by atoms with Gasteiger partial charge in [0.15, 0.2) is 6.29 Å². The zero-order chi connectivity index (χ0) is 13.7. The van der Waals surface area contributed by atoms with Gasteiger partial charge in [-0.2, -0.15) is 0 Å². The molecule has 0 atom stereocenters. The maximum absolute atomic E-state index is 11.1. The fourth-order valence-electron chi connectivity index (χ4n) is 2.12. The van der Waals surface area contributed by atoms with Crippen LogP contribution in [0.25, 0.3) is 11.3 Å². The van der Waals surface area contributed by atoms with E-state index in [4.69, 9.17) is 4.74 Å². The van der Waals surface area contributed by atoms with Gasteiger partial charge >= 0.3 is 0 Å². The second-order valence-electron chi connectivity index (χ2n) is 4.57. The van der Waals surface area contributed by atoms with Crippen LogP contribution in [-0.2, 0) is 6.42 Å².